The normalized spacial score (nSPS) is 10.6. The zero-order chi connectivity index (χ0) is 26.0. The maximum absolute atomic E-state index is 6.28. The maximum atomic E-state index is 6.28. The molecule has 4 rings (SSSR count). The van der Waals surface area contributed by atoms with E-state index in [1.54, 1.807) is 28.4 Å². The van der Waals surface area contributed by atoms with E-state index < -0.39 is 0 Å². The first-order valence-corrected chi connectivity index (χ1v) is 12.4. The van der Waals surface area contributed by atoms with E-state index in [2.05, 4.69) is 36.4 Å². The van der Waals surface area contributed by atoms with Crippen molar-refractivity contribution in [3.8, 4) is 34.5 Å². The van der Waals surface area contributed by atoms with Crippen molar-refractivity contribution in [1.82, 2.24) is 0 Å². The van der Waals surface area contributed by atoms with Gasteiger partial charge in [-0.2, -0.15) is 0 Å². The molecule has 0 radical (unpaired) electrons. The number of hydrogen-bond acceptors (Lipinski definition) is 5. The lowest BCUT2D eigenvalue weighted by atomic mass is 10.0. The first-order valence-electron chi connectivity index (χ1n) is 12.4. The van der Waals surface area contributed by atoms with E-state index in [0.717, 1.165) is 48.5 Å². The van der Waals surface area contributed by atoms with Gasteiger partial charge in [0.1, 0.15) is 23.0 Å². The van der Waals surface area contributed by atoms with Gasteiger partial charge in [0.05, 0.1) is 28.4 Å². The number of benzene rings is 4. The summed E-state index contributed by atoms with van der Waals surface area (Å²) in [6.07, 6.45) is 3.56. The molecular weight excluding hydrogens is 464 g/mol. The van der Waals surface area contributed by atoms with Gasteiger partial charge in [-0.15, -0.1) is 0 Å². The van der Waals surface area contributed by atoms with Gasteiger partial charge in [0.25, 0.3) is 0 Å². The molecule has 0 atom stereocenters. The van der Waals surface area contributed by atoms with Gasteiger partial charge < -0.3 is 23.7 Å². The van der Waals surface area contributed by atoms with Crippen molar-refractivity contribution in [1.29, 1.82) is 0 Å². The minimum atomic E-state index is 0.669. The third-order valence-corrected chi connectivity index (χ3v) is 6.33. The molecule has 5 heteroatoms. The summed E-state index contributed by atoms with van der Waals surface area (Å²) in [4.78, 5) is 0. The van der Waals surface area contributed by atoms with Crippen LogP contribution < -0.4 is 23.7 Å². The quantitative estimate of drug-likeness (QED) is 0.209. The Balaban J connectivity index is 1.45. The van der Waals surface area contributed by atoms with E-state index in [1.165, 1.54) is 16.7 Å². The summed E-state index contributed by atoms with van der Waals surface area (Å²) in [5.74, 6) is 4.58. The molecule has 192 valence electrons. The van der Waals surface area contributed by atoms with Gasteiger partial charge in [0.2, 0.25) is 0 Å². The van der Waals surface area contributed by atoms with Crippen LogP contribution in [0.5, 0.6) is 34.5 Å². The van der Waals surface area contributed by atoms with Gasteiger partial charge in [0.15, 0.2) is 11.5 Å². The molecule has 0 heterocycles. The molecule has 0 aromatic heterocycles. The molecule has 5 nitrogen and oxygen atoms in total. The van der Waals surface area contributed by atoms with Crippen LogP contribution in [0.25, 0.3) is 0 Å². The molecule has 0 N–H and O–H groups in total. The minimum absolute atomic E-state index is 0.669. The molecule has 0 spiro atoms. The number of rotatable bonds is 12. The van der Waals surface area contributed by atoms with Crippen molar-refractivity contribution < 1.29 is 23.7 Å². The summed E-state index contributed by atoms with van der Waals surface area (Å²) >= 11 is 0. The second-order valence-corrected chi connectivity index (χ2v) is 8.80. The van der Waals surface area contributed by atoms with E-state index in [1.807, 2.05) is 48.5 Å². The topological polar surface area (TPSA) is 46.2 Å². The fourth-order valence-corrected chi connectivity index (χ4v) is 4.23. The maximum Gasteiger partial charge on any atom is 0.169 e. The second-order valence-electron chi connectivity index (χ2n) is 8.80. The Kier molecular flexibility index (Phi) is 8.93. The highest BCUT2D eigenvalue weighted by Gasteiger charge is 2.10. The highest BCUT2D eigenvalue weighted by atomic mass is 16.5. The summed E-state index contributed by atoms with van der Waals surface area (Å²) in [6.45, 7) is 0. The van der Waals surface area contributed by atoms with Crippen molar-refractivity contribution in [2.45, 2.75) is 25.7 Å². The number of ether oxygens (including phenoxy) is 5. The predicted octanol–water partition coefficient (Wildman–Crippen LogP) is 7.08. The molecule has 4 aromatic rings. The van der Waals surface area contributed by atoms with Gasteiger partial charge in [-0.25, -0.2) is 0 Å². The second kappa shape index (κ2) is 12.7. The van der Waals surface area contributed by atoms with E-state index in [4.69, 9.17) is 23.7 Å². The van der Waals surface area contributed by atoms with Gasteiger partial charge in [-0.05, 0) is 96.5 Å². The zero-order valence-electron chi connectivity index (χ0n) is 22.0. The van der Waals surface area contributed by atoms with Crippen LogP contribution in [0.15, 0.2) is 84.9 Å². The molecule has 0 unspecified atom stereocenters. The van der Waals surface area contributed by atoms with Gasteiger partial charge in [0, 0.05) is 6.07 Å². The van der Waals surface area contributed by atoms with Crippen LogP contribution in [-0.2, 0) is 25.7 Å². The Bertz CT molecular complexity index is 1300. The van der Waals surface area contributed by atoms with Crippen LogP contribution >= 0.6 is 0 Å². The third kappa shape index (κ3) is 7.20. The Hall–Kier alpha value is -4.12. The summed E-state index contributed by atoms with van der Waals surface area (Å²) in [7, 11) is 6.70. The van der Waals surface area contributed by atoms with E-state index in [9.17, 15) is 0 Å². The summed E-state index contributed by atoms with van der Waals surface area (Å²) in [5.41, 5.74) is 4.80. The third-order valence-electron chi connectivity index (χ3n) is 6.33. The monoisotopic (exact) mass is 498 g/mol. The summed E-state index contributed by atoms with van der Waals surface area (Å²) in [5, 5.41) is 0. The first-order chi connectivity index (χ1) is 18.1. The molecule has 37 heavy (non-hydrogen) atoms. The van der Waals surface area contributed by atoms with Crippen molar-refractivity contribution in [2.24, 2.45) is 0 Å². The molecule has 4 aromatic carbocycles. The van der Waals surface area contributed by atoms with Crippen molar-refractivity contribution in [3.63, 3.8) is 0 Å². The Morgan fingerprint density at radius 2 is 1.00 bits per heavy atom. The van der Waals surface area contributed by atoms with Crippen LogP contribution in [0, 0.1) is 0 Å². The molecule has 0 aliphatic heterocycles. The van der Waals surface area contributed by atoms with Crippen LogP contribution in [-0.4, -0.2) is 28.4 Å². The first kappa shape index (κ1) is 26.0. The molecule has 0 aliphatic rings. The van der Waals surface area contributed by atoms with Crippen LogP contribution in [0.3, 0.4) is 0 Å². The zero-order valence-corrected chi connectivity index (χ0v) is 22.0. The number of methoxy groups -OCH3 is 4. The van der Waals surface area contributed by atoms with Crippen LogP contribution in [0.1, 0.15) is 22.3 Å². The fourth-order valence-electron chi connectivity index (χ4n) is 4.23. The highest BCUT2D eigenvalue weighted by molar-refractivity contribution is 5.48. The number of hydrogen-bond donors (Lipinski definition) is 0. The lowest BCUT2D eigenvalue weighted by Gasteiger charge is -2.14. The van der Waals surface area contributed by atoms with Crippen molar-refractivity contribution >= 4 is 0 Å². The predicted molar refractivity (Wildman–Crippen MR) is 147 cm³/mol. The standard InChI is InChI=1S/C32H34O5/c1-33-27-15-12-23(13-16-27)8-9-25-14-17-31(32(21-25)36-4)37-30-20-26(19-29(22-30)35-3)11-10-24-6-5-7-28(18-24)34-2/h5-7,12-22H,8-11H2,1-4H3. The highest BCUT2D eigenvalue weighted by Crippen LogP contribution is 2.35. The van der Waals surface area contributed by atoms with E-state index in [-0.39, 0.29) is 0 Å². The summed E-state index contributed by atoms with van der Waals surface area (Å²) in [6, 6.07) is 28.4. The minimum Gasteiger partial charge on any atom is -0.497 e. The molecular formula is C32H34O5. The largest absolute Gasteiger partial charge is 0.497 e. The Morgan fingerprint density at radius 3 is 1.70 bits per heavy atom. The molecule has 0 aliphatic carbocycles. The van der Waals surface area contributed by atoms with Crippen molar-refractivity contribution in [2.75, 3.05) is 28.4 Å². The lowest BCUT2D eigenvalue weighted by molar-refractivity contribution is 0.375. The molecule has 0 saturated carbocycles. The average Bonchev–Trinajstić information content (AvgIpc) is 2.95. The Morgan fingerprint density at radius 1 is 0.405 bits per heavy atom. The van der Waals surface area contributed by atoms with Crippen LogP contribution in [0.4, 0.5) is 0 Å². The average molecular weight is 499 g/mol. The van der Waals surface area contributed by atoms with Crippen molar-refractivity contribution in [3.05, 3.63) is 107 Å². The van der Waals surface area contributed by atoms with E-state index >= 15 is 0 Å². The van der Waals surface area contributed by atoms with Gasteiger partial charge in [-0.1, -0.05) is 30.3 Å². The molecule has 0 bridgehead atoms. The lowest BCUT2D eigenvalue weighted by Crippen LogP contribution is -1.97. The SMILES string of the molecule is COc1ccc(CCc2ccc(Oc3cc(CCc4cccc(OC)c4)cc(OC)c3)c(OC)c2)cc1. The smallest absolute Gasteiger partial charge is 0.169 e. The summed E-state index contributed by atoms with van der Waals surface area (Å²) < 4.78 is 28.1. The molecule has 0 amide bonds. The molecule has 0 fully saturated rings. The Labute approximate surface area is 219 Å². The van der Waals surface area contributed by atoms with Gasteiger partial charge >= 0.3 is 0 Å². The fraction of sp³-hybridized carbons (Fsp3) is 0.250. The number of aryl methyl sites for hydroxylation is 4. The molecule has 0 saturated heterocycles. The van der Waals surface area contributed by atoms with E-state index in [0.29, 0.717) is 17.2 Å². The van der Waals surface area contributed by atoms with Gasteiger partial charge in [-0.3, -0.25) is 0 Å². The van der Waals surface area contributed by atoms with Crippen LogP contribution in [0.2, 0.25) is 0 Å².